The van der Waals surface area contributed by atoms with Crippen LogP contribution in [-0.4, -0.2) is 25.6 Å². The Kier molecular flexibility index (Phi) is 2.61. The Morgan fingerprint density at radius 1 is 1.50 bits per heavy atom. The number of rotatable bonds is 5. The van der Waals surface area contributed by atoms with Crippen molar-refractivity contribution in [2.24, 2.45) is 5.41 Å². The number of hydrogen-bond donors (Lipinski definition) is 3. The number of aromatic amines is 1. The fourth-order valence-electron chi connectivity index (χ4n) is 2.42. The van der Waals surface area contributed by atoms with Crippen molar-refractivity contribution in [3.05, 3.63) is 24.0 Å². The number of H-pyrrole nitrogens is 1. The molecule has 1 aliphatic rings. The van der Waals surface area contributed by atoms with E-state index in [0.29, 0.717) is 11.5 Å². The quantitative estimate of drug-likeness (QED) is 0.659. The van der Waals surface area contributed by atoms with Crippen LogP contribution in [0.5, 0.6) is 0 Å². The average molecular weight is 193 g/mol. The van der Waals surface area contributed by atoms with Gasteiger partial charge in [-0.15, -0.1) is 0 Å². The highest BCUT2D eigenvalue weighted by molar-refractivity contribution is 5.21. The van der Waals surface area contributed by atoms with Crippen molar-refractivity contribution < 1.29 is 0 Å². The third kappa shape index (κ3) is 1.57. The summed E-state index contributed by atoms with van der Waals surface area (Å²) in [6.45, 7) is 1.10. The summed E-state index contributed by atoms with van der Waals surface area (Å²) in [4.78, 5) is 3.13. The molecule has 1 atom stereocenters. The predicted octanol–water partition coefficient (Wildman–Crippen LogP) is 1.27. The molecule has 0 aliphatic heterocycles. The molecule has 1 fully saturated rings. The van der Waals surface area contributed by atoms with E-state index in [1.807, 2.05) is 20.3 Å². The molecule has 0 spiro atoms. The molecule has 1 saturated carbocycles. The first-order chi connectivity index (χ1) is 6.82. The van der Waals surface area contributed by atoms with E-state index in [0.717, 1.165) is 6.54 Å². The van der Waals surface area contributed by atoms with E-state index < -0.39 is 0 Å². The van der Waals surface area contributed by atoms with E-state index in [2.05, 4.69) is 27.9 Å². The molecule has 78 valence electrons. The molecule has 3 heteroatoms. The molecule has 2 rings (SSSR count). The lowest BCUT2D eigenvalue weighted by molar-refractivity contribution is 0.347. The third-order valence-corrected chi connectivity index (χ3v) is 3.28. The number of aromatic nitrogens is 1. The van der Waals surface area contributed by atoms with Crippen LogP contribution in [0.1, 0.15) is 24.4 Å². The lowest BCUT2D eigenvalue weighted by Crippen LogP contribution is -2.33. The van der Waals surface area contributed by atoms with Gasteiger partial charge in [0.25, 0.3) is 0 Å². The highest BCUT2D eigenvalue weighted by Crippen LogP contribution is 2.54. The predicted molar refractivity (Wildman–Crippen MR) is 58.2 cm³/mol. The van der Waals surface area contributed by atoms with Gasteiger partial charge < -0.3 is 15.6 Å². The molecular weight excluding hydrogens is 174 g/mol. The minimum Gasteiger partial charge on any atom is -0.367 e. The smallest absolute Gasteiger partial charge is 0.0402 e. The van der Waals surface area contributed by atoms with Crippen LogP contribution in [0.25, 0.3) is 0 Å². The Morgan fingerprint density at radius 3 is 2.71 bits per heavy atom. The van der Waals surface area contributed by atoms with Gasteiger partial charge in [-0.2, -0.15) is 0 Å². The van der Waals surface area contributed by atoms with Crippen LogP contribution in [0, 0.1) is 5.41 Å². The topological polar surface area (TPSA) is 39.8 Å². The Balaban J connectivity index is 2.14. The number of nitrogens with one attached hydrogen (secondary N) is 3. The van der Waals surface area contributed by atoms with E-state index >= 15 is 0 Å². The molecule has 1 aliphatic carbocycles. The molecule has 0 amide bonds. The van der Waals surface area contributed by atoms with Gasteiger partial charge >= 0.3 is 0 Å². The van der Waals surface area contributed by atoms with Crippen molar-refractivity contribution in [1.82, 2.24) is 15.6 Å². The molecule has 1 heterocycles. The van der Waals surface area contributed by atoms with Crippen molar-refractivity contribution in [2.75, 3.05) is 20.6 Å². The fourth-order valence-corrected chi connectivity index (χ4v) is 2.42. The van der Waals surface area contributed by atoms with Gasteiger partial charge in [-0.05, 0) is 38.6 Å². The van der Waals surface area contributed by atoms with Crippen molar-refractivity contribution in [3.63, 3.8) is 0 Å². The van der Waals surface area contributed by atoms with Crippen molar-refractivity contribution in [2.45, 2.75) is 18.9 Å². The Labute approximate surface area is 85.3 Å². The SMILES string of the molecule is CNCC1(C(NC)c2cc[nH]c2)CC1. The van der Waals surface area contributed by atoms with E-state index in [-0.39, 0.29) is 0 Å². The van der Waals surface area contributed by atoms with Gasteiger partial charge in [-0.25, -0.2) is 0 Å². The second-order valence-electron chi connectivity index (χ2n) is 4.26. The lowest BCUT2D eigenvalue weighted by Gasteiger charge is -2.25. The molecule has 1 unspecified atom stereocenters. The van der Waals surface area contributed by atoms with Crippen LogP contribution in [0.2, 0.25) is 0 Å². The second-order valence-corrected chi connectivity index (χ2v) is 4.26. The Morgan fingerprint density at radius 2 is 2.29 bits per heavy atom. The summed E-state index contributed by atoms with van der Waals surface area (Å²) in [6.07, 6.45) is 6.74. The molecule has 0 aromatic carbocycles. The first-order valence-corrected chi connectivity index (χ1v) is 5.27. The van der Waals surface area contributed by atoms with Crippen LogP contribution in [0.15, 0.2) is 18.5 Å². The summed E-state index contributed by atoms with van der Waals surface area (Å²) in [7, 11) is 4.08. The monoisotopic (exact) mass is 193 g/mol. The van der Waals surface area contributed by atoms with Gasteiger partial charge in [0.05, 0.1) is 0 Å². The van der Waals surface area contributed by atoms with Gasteiger partial charge in [-0.1, -0.05) is 0 Å². The van der Waals surface area contributed by atoms with Gasteiger partial charge in [-0.3, -0.25) is 0 Å². The zero-order chi connectivity index (χ0) is 10.0. The summed E-state index contributed by atoms with van der Waals surface area (Å²) in [5.74, 6) is 0. The fraction of sp³-hybridized carbons (Fsp3) is 0.636. The molecule has 1 aromatic rings. The minimum atomic E-state index is 0.450. The molecule has 0 saturated heterocycles. The molecular formula is C11H19N3. The maximum absolute atomic E-state index is 3.43. The summed E-state index contributed by atoms with van der Waals surface area (Å²) < 4.78 is 0. The van der Waals surface area contributed by atoms with Crippen molar-refractivity contribution in [1.29, 1.82) is 0 Å². The average Bonchev–Trinajstić information content (AvgIpc) is 2.77. The van der Waals surface area contributed by atoms with Gasteiger partial charge in [0.1, 0.15) is 0 Å². The largest absolute Gasteiger partial charge is 0.367 e. The zero-order valence-electron chi connectivity index (χ0n) is 8.93. The minimum absolute atomic E-state index is 0.450. The van der Waals surface area contributed by atoms with Crippen molar-refractivity contribution >= 4 is 0 Å². The first-order valence-electron chi connectivity index (χ1n) is 5.27. The van der Waals surface area contributed by atoms with Crippen LogP contribution < -0.4 is 10.6 Å². The van der Waals surface area contributed by atoms with E-state index in [1.54, 1.807) is 0 Å². The number of hydrogen-bond acceptors (Lipinski definition) is 2. The Hall–Kier alpha value is -0.800. The third-order valence-electron chi connectivity index (χ3n) is 3.28. The lowest BCUT2D eigenvalue weighted by atomic mass is 9.91. The summed E-state index contributed by atoms with van der Waals surface area (Å²) >= 11 is 0. The summed E-state index contributed by atoms with van der Waals surface area (Å²) in [5.41, 5.74) is 1.83. The second kappa shape index (κ2) is 3.75. The molecule has 0 bridgehead atoms. The van der Waals surface area contributed by atoms with E-state index in [4.69, 9.17) is 0 Å². The van der Waals surface area contributed by atoms with Crippen molar-refractivity contribution in [3.8, 4) is 0 Å². The molecule has 3 nitrogen and oxygen atoms in total. The molecule has 3 N–H and O–H groups in total. The first kappa shape index (κ1) is 9.74. The standard InChI is InChI=1S/C11H19N3/c1-12-8-11(4-5-11)10(13-2)9-3-6-14-7-9/h3,6-7,10,12-14H,4-5,8H2,1-2H3. The summed E-state index contributed by atoms with van der Waals surface area (Å²) in [5, 5.41) is 6.73. The van der Waals surface area contributed by atoms with E-state index in [9.17, 15) is 0 Å². The molecule has 0 radical (unpaired) electrons. The van der Waals surface area contributed by atoms with Gasteiger partial charge in [0.15, 0.2) is 0 Å². The maximum atomic E-state index is 3.43. The van der Waals surface area contributed by atoms with Gasteiger partial charge in [0.2, 0.25) is 0 Å². The summed E-state index contributed by atoms with van der Waals surface area (Å²) in [6, 6.07) is 2.65. The van der Waals surface area contributed by atoms with Crippen LogP contribution in [0.4, 0.5) is 0 Å². The van der Waals surface area contributed by atoms with Crippen LogP contribution in [-0.2, 0) is 0 Å². The Bertz CT molecular complexity index is 275. The van der Waals surface area contributed by atoms with Crippen LogP contribution >= 0.6 is 0 Å². The van der Waals surface area contributed by atoms with Crippen LogP contribution in [0.3, 0.4) is 0 Å². The molecule has 1 aromatic heterocycles. The maximum Gasteiger partial charge on any atom is 0.0402 e. The van der Waals surface area contributed by atoms with E-state index in [1.165, 1.54) is 18.4 Å². The normalized spacial score (nSPS) is 20.7. The zero-order valence-corrected chi connectivity index (χ0v) is 8.93. The highest BCUT2D eigenvalue weighted by Gasteiger charge is 2.48. The highest BCUT2D eigenvalue weighted by atomic mass is 15.0. The molecule has 14 heavy (non-hydrogen) atoms. The van der Waals surface area contributed by atoms with Gasteiger partial charge in [0, 0.05) is 30.4 Å².